The van der Waals surface area contributed by atoms with Crippen LogP contribution in [-0.2, 0) is 0 Å². The summed E-state index contributed by atoms with van der Waals surface area (Å²) < 4.78 is 13.4. The highest BCUT2D eigenvalue weighted by atomic mass is 35.5. The lowest BCUT2D eigenvalue weighted by Crippen LogP contribution is -2.42. The Bertz CT molecular complexity index is 432. The molecule has 106 valence electrons. The van der Waals surface area contributed by atoms with Crippen LogP contribution >= 0.6 is 11.6 Å². The fourth-order valence-corrected chi connectivity index (χ4v) is 2.75. The van der Waals surface area contributed by atoms with E-state index in [0.717, 1.165) is 31.2 Å². The summed E-state index contributed by atoms with van der Waals surface area (Å²) in [5.74, 6) is -0.399. The smallest absolute Gasteiger partial charge is 0.142 e. The number of hydrogen-bond acceptors (Lipinski definition) is 2. The zero-order chi connectivity index (χ0) is 13.9. The first kappa shape index (κ1) is 14.8. The minimum Gasteiger partial charge on any atom is -0.389 e. The molecule has 0 aliphatic heterocycles. The van der Waals surface area contributed by atoms with Gasteiger partial charge in [-0.3, -0.25) is 0 Å². The van der Waals surface area contributed by atoms with Gasteiger partial charge in [0.1, 0.15) is 5.82 Å². The monoisotopic (exact) mass is 285 g/mol. The standard InChI is InChI=1S/C15H21ClFNO/c1-11(12-5-6-13(16)14(17)9-12)18-10-15(19)7-3-2-4-8-15/h5-6,9,11,18-19H,2-4,7-8,10H2,1H3. The van der Waals surface area contributed by atoms with Gasteiger partial charge in [-0.1, -0.05) is 36.9 Å². The van der Waals surface area contributed by atoms with Crippen molar-refractivity contribution in [1.29, 1.82) is 0 Å². The lowest BCUT2D eigenvalue weighted by atomic mass is 9.84. The maximum atomic E-state index is 13.4. The Hall–Kier alpha value is -0.640. The molecule has 2 N–H and O–H groups in total. The second-order valence-electron chi connectivity index (χ2n) is 5.56. The largest absolute Gasteiger partial charge is 0.389 e. The molecule has 1 aliphatic rings. The van der Waals surface area contributed by atoms with Crippen LogP contribution < -0.4 is 5.32 Å². The van der Waals surface area contributed by atoms with E-state index < -0.39 is 11.4 Å². The van der Waals surface area contributed by atoms with Crippen LogP contribution in [0.2, 0.25) is 5.02 Å². The molecule has 0 aromatic heterocycles. The van der Waals surface area contributed by atoms with E-state index in [1.807, 2.05) is 13.0 Å². The van der Waals surface area contributed by atoms with Crippen LogP contribution in [0.4, 0.5) is 4.39 Å². The van der Waals surface area contributed by atoms with Gasteiger partial charge >= 0.3 is 0 Å². The highest BCUT2D eigenvalue weighted by molar-refractivity contribution is 6.30. The van der Waals surface area contributed by atoms with E-state index in [0.29, 0.717) is 6.54 Å². The molecule has 1 fully saturated rings. The van der Waals surface area contributed by atoms with Crippen molar-refractivity contribution in [3.8, 4) is 0 Å². The molecule has 0 saturated heterocycles. The fraction of sp³-hybridized carbons (Fsp3) is 0.600. The predicted molar refractivity (Wildman–Crippen MR) is 75.9 cm³/mol. The number of hydrogen-bond donors (Lipinski definition) is 2. The lowest BCUT2D eigenvalue weighted by Gasteiger charge is -2.33. The van der Waals surface area contributed by atoms with Crippen LogP contribution in [0.3, 0.4) is 0 Å². The molecule has 1 unspecified atom stereocenters. The molecule has 1 aromatic rings. The highest BCUT2D eigenvalue weighted by Gasteiger charge is 2.29. The van der Waals surface area contributed by atoms with E-state index >= 15 is 0 Å². The normalized spacial score (nSPS) is 20.2. The molecular weight excluding hydrogens is 265 g/mol. The van der Waals surface area contributed by atoms with Gasteiger partial charge in [-0.05, 0) is 37.5 Å². The topological polar surface area (TPSA) is 32.3 Å². The second-order valence-corrected chi connectivity index (χ2v) is 5.97. The van der Waals surface area contributed by atoms with Crippen molar-refractivity contribution < 1.29 is 9.50 Å². The van der Waals surface area contributed by atoms with Crippen molar-refractivity contribution in [2.24, 2.45) is 0 Å². The molecule has 19 heavy (non-hydrogen) atoms. The molecule has 0 radical (unpaired) electrons. The third-order valence-corrected chi connectivity index (χ3v) is 4.27. The molecule has 0 heterocycles. The molecule has 1 aromatic carbocycles. The van der Waals surface area contributed by atoms with E-state index in [4.69, 9.17) is 11.6 Å². The summed E-state index contributed by atoms with van der Waals surface area (Å²) in [6.07, 6.45) is 5.08. The average Bonchev–Trinajstić information content (AvgIpc) is 2.40. The van der Waals surface area contributed by atoms with Gasteiger partial charge in [0, 0.05) is 12.6 Å². The molecular formula is C15H21ClFNO. The van der Waals surface area contributed by atoms with Gasteiger partial charge in [-0.25, -0.2) is 4.39 Å². The molecule has 1 atom stereocenters. The quantitative estimate of drug-likeness (QED) is 0.881. The minimum atomic E-state index is -0.600. The Kier molecular flexibility index (Phi) is 4.82. The van der Waals surface area contributed by atoms with Crippen molar-refractivity contribution in [3.05, 3.63) is 34.6 Å². The Labute approximate surface area is 119 Å². The summed E-state index contributed by atoms with van der Waals surface area (Å²) in [7, 11) is 0. The Morgan fingerprint density at radius 1 is 1.37 bits per heavy atom. The number of rotatable bonds is 4. The summed E-state index contributed by atoms with van der Waals surface area (Å²) >= 11 is 5.67. The van der Waals surface area contributed by atoms with Crippen molar-refractivity contribution in [3.63, 3.8) is 0 Å². The molecule has 1 saturated carbocycles. The number of nitrogens with one attached hydrogen (secondary N) is 1. The Morgan fingerprint density at radius 3 is 2.68 bits per heavy atom. The maximum absolute atomic E-state index is 13.4. The molecule has 1 aliphatic carbocycles. The molecule has 2 nitrogen and oxygen atoms in total. The van der Waals surface area contributed by atoms with Crippen LogP contribution in [0.1, 0.15) is 50.6 Å². The van der Waals surface area contributed by atoms with E-state index in [9.17, 15) is 9.50 Å². The summed E-state index contributed by atoms with van der Waals surface area (Å²) in [4.78, 5) is 0. The van der Waals surface area contributed by atoms with Crippen LogP contribution in [0.25, 0.3) is 0 Å². The highest BCUT2D eigenvalue weighted by Crippen LogP contribution is 2.28. The zero-order valence-corrected chi connectivity index (χ0v) is 12.0. The maximum Gasteiger partial charge on any atom is 0.142 e. The molecule has 0 spiro atoms. The van der Waals surface area contributed by atoms with Gasteiger partial charge in [-0.15, -0.1) is 0 Å². The Morgan fingerprint density at radius 2 is 2.05 bits per heavy atom. The average molecular weight is 286 g/mol. The van der Waals surface area contributed by atoms with E-state index in [1.54, 1.807) is 6.07 Å². The van der Waals surface area contributed by atoms with Gasteiger partial charge in [0.2, 0.25) is 0 Å². The number of aliphatic hydroxyl groups is 1. The first-order chi connectivity index (χ1) is 9.00. The summed E-state index contributed by atoms with van der Waals surface area (Å²) in [6, 6.07) is 4.83. The van der Waals surface area contributed by atoms with Crippen LogP contribution in [-0.4, -0.2) is 17.3 Å². The molecule has 4 heteroatoms. The SMILES string of the molecule is CC(NCC1(O)CCCCC1)c1ccc(Cl)c(F)c1. The molecule has 0 amide bonds. The number of halogens is 2. The van der Waals surface area contributed by atoms with Gasteiger partial charge in [0.25, 0.3) is 0 Å². The summed E-state index contributed by atoms with van der Waals surface area (Å²) in [5, 5.41) is 13.8. The van der Waals surface area contributed by atoms with E-state index in [2.05, 4.69) is 5.32 Å². The predicted octanol–water partition coefficient (Wildman–Crippen LogP) is 3.82. The Balaban J connectivity index is 1.93. The number of benzene rings is 1. The second kappa shape index (κ2) is 6.21. The first-order valence-electron chi connectivity index (χ1n) is 6.91. The van der Waals surface area contributed by atoms with Gasteiger partial charge in [0.15, 0.2) is 0 Å². The van der Waals surface area contributed by atoms with Crippen molar-refractivity contribution >= 4 is 11.6 Å². The van der Waals surface area contributed by atoms with Gasteiger partial charge in [0.05, 0.1) is 10.6 Å². The summed E-state index contributed by atoms with van der Waals surface area (Å²) in [6.45, 7) is 2.52. The van der Waals surface area contributed by atoms with Crippen LogP contribution in [0.15, 0.2) is 18.2 Å². The van der Waals surface area contributed by atoms with Gasteiger partial charge < -0.3 is 10.4 Å². The zero-order valence-electron chi connectivity index (χ0n) is 11.3. The van der Waals surface area contributed by atoms with Crippen LogP contribution in [0.5, 0.6) is 0 Å². The first-order valence-corrected chi connectivity index (χ1v) is 7.29. The van der Waals surface area contributed by atoms with Gasteiger partial charge in [-0.2, -0.15) is 0 Å². The third-order valence-electron chi connectivity index (χ3n) is 3.97. The van der Waals surface area contributed by atoms with Crippen molar-refractivity contribution in [1.82, 2.24) is 5.32 Å². The van der Waals surface area contributed by atoms with E-state index in [1.165, 1.54) is 12.5 Å². The van der Waals surface area contributed by atoms with Crippen molar-refractivity contribution in [2.75, 3.05) is 6.54 Å². The van der Waals surface area contributed by atoms with Crippen LogP contribution in [0, 0.1) is 5.82 Å². The fourth-order valence-electron chi connectivity index (χ4n) is 2.63. The summed E-state index contributed by atoms with van der Waals surface area (Å²) in [5.41, 5.74) is 0.249. The molecule has 0 bridgehead atoms. The lowest BCUT2D eigenvalue weighted by molar-refractivity contribution is 0.00300. The third kappa shape index (κ3) is 3.91. The van der Waals surface area contributed by atoms with Crippen molar-refractivity contribution in [2.45, 2.75) is 50.7 Å². The van der Waals surface area contributed by atoms with E-state index in [-0.39, 0.29) is 11.1 Å². The molecule has 2 rings (SSSR count). The minimum absolute atomic E-state index is 0.00211.